The van der Waals surface area contributed by atoms with Gasteiger partial charge < -0.3 is 9.47 Å². The summed E-state index contributed by atoms with van der Waals surface area (Å²) in [6, 6.07) is 0. The molecule has 106 valence electrons. The van der Waals surface area contributed by atoms with Crippen molar-refractivity contribution >= 4 is 27.5 Å². The first-order valence-corrected chi connectivity index (χ1v) is 8.21. The van der Waals surface area contributed by atoms with E-state index in [9.17, 15) is 0 Å². The van der Waals surface area contributed by atoms with Gasteiger partial charge in [-0.1, -0.05) is 34.9 Å². The van der Waals surface area contributed by atoms with Gasteiger partial charge in [-0.2, -0.15) is 0 Å². The van der Waals surface area contributed by atoms with Crippen molar-refractivity contribution in [2.24, 2.45) is 0 Å². The lowest BCUT2D eigenvalue weighted by Gasteiger charge is -2.30. The maximum atomic E-state index is 6.47. The molecule has 19 heavy (non-hydrogen) atoms. The molecule has 2 fully saturated rings. The highest BCUT2D eigenvalue weighted by Gasteiger charge is 2.43. The van der Waals surface area contributed by atoms with Gasteiger partial charge in [0, 0.05) is 11.2 Å². The number of alkyl halides is 2. The van der Waals surface area contributed by atoms with Gasteiger partial charge in [-0.3, -0.25) is 0 Å². The van der Waals surface area contributed by atoms with Gasteiger partial charge in [-0.15, -0.1) is 18.0 Å². The normalized spacial score (nSPS) is 42.8. The fourth-order valence-electron chi connectivity index (χ4n) is 2.78. The molecule has 2 bridgehead atoms. The third kappa shape index (κ3) is 3.76. The molecule has 2 nitrogen and oxygen atoms in total. The summed E-state index contributed by atoms with van der Waals surface area (Å²) in [5, 5.41) is 0.0476. The molecule has 6 atom stereocenters. The number of terminal acetylenes is 1. The van der Waals surface area contributed by atoms with Crippen molar-refractivity contribution in [2.45, 2.75) is 67.2 Å². The molecule has 4 heteroatoms. The largest absolute Gasteiger partial charge is 0.371 e. The summed E-state index contributed by atoms with van der Waals surface area (Å²) in [6.07, 6.45) is 12.9. The molecule has 0 unspecified atom stereocenters. The van der Waals surface area contributed by atoms with Crippen molar-refractivity contribution in [2.75, 3.05) is 0 Å². The predicted octanol–water partition coefficient (Wildman–Crippen LogP) is 3.66. The molecule has 0 aromatic heterocycles. The van der Waals surface area contributed by atoms with Gasteiger partial charge in [0.2, 0.25) is 0 Å². The molecule has 0 saturated carbocycles. The number of fused-ring (bicyclic) bond motifs is 2. The van der Waals surface area contributed by atoms with E-state index in [-0.39, 0.29) is 29.8 Å². The van der Waals surface area contributed by atoms with Crippen LogP contribution in [0.25, 0.3) is 0 Å². The summed E-state index contributed by atoms with van der Waals surface area (Å²) in [7, 11) is 0. The monoisotopic (exact) mass is 346 g/mol. The Balaban J connectivity index is 2.07. The summed E-state index contributed by atoms with van der Waals surface area (Å²) in [5.74, 6) is 2.50. The Morgan fingerprint density at radius 2 is 2.05 bits per heavy atom. The Labute approximate surface area is 129 Å². The fourth-order valence-corrected chi connectivity index (χ4v) is 4.25. The highest BCUT2D eigenvalue weighted by Crippen LogP contribution is 2.37. The Hall–Kier alpha value is -0.0100. The van der Waals surface area contributed by atoms with Crippen LogP contribution in [0, 0.1) is 12.3 Å². The Bertz CT molecular complexity index is 366. The van der Waals surface area contributed by atoms with E-state index in [0.717, 1.165) is 25.7 Å². The quantitative estimate of drug-likeness (QED) is 0.573. The first-order valence-electron chi connectivity index (χ1n) is 6.85. The average Bonchev–Trinajstić information content (AvgIpc) is 2.79. The zero-order chi connectivity index (χ0) is 13.8. The third-order valence-corrected chi connectivity index (χ3v) is 5.24. The summed E-state index contributed by atoms with van der Waals surface area (Å²) >= 11 is 10.2. The van der Waals surface area contributed by atoms with Crippen molar-refractivity contribution in [1.29, 1.82) is 0 Å². The van der Waals surface area contributed by atoms with Gasteiger partial charge in [0.25, 0.3) is 0 Å². The highest BCUT2D eigenvalue weighted by atomic mass is 79.9. The van der Waals surface area contributed by atoms with Crippen molar-refractivity contribution < 1.29 is 9.47 Å². The number of hydrogen-bond donors (Lipinski definition) is 0. The van der Waals surface area contributed by atoms with E-state index in [4.69, 9.17) is 27.5 Å². The van der Waals surface area contributed by atoms with E-state index in [2.05, 4.69) is 28.8 Å². The molecule has 2 rings (SSSR count). The standard InChI is InChI=1S/C15H20BrClO2/c1-3-5-6-7-13-15-9-14(19-13)11(17)8-10(16)12(4-2)18-15/h1,5-6,10-15H,4,7-9H2,2H3/b6-5-/t10-,11-,12+,13-,14+,15+/m0/s1. The van der Waals surface area contributed by atoms with E-state index in [1.807, 2.05) is 6.08 Å². The molecule has 0 aliphatic carbocycles. The molecule has 0 radical (unpaired) electrons. The fraction of sp³-hybridized carbons (Fsp3) is 0.733. The minimum absolute atomic E-state index is 0.0476. The lowest BCUT2D eigenvalue weighted by molar-refractivity contribution is -0.0500. The van der Waals surface area contributed by atoms with E-state index in [1.54, 1.807) is 6.08 Å². The predicted molar refractivity (Wildman–Crippen MR) is 81.8 cm³/mol. The van der Waals surface area contributed by atoms with E-state index < -0.39 is 0 Å². The van der Waals surface area contributed by atoms with Crippen molar-refractivity contribution in [3.63, 3.8) is 0 Å². The minimum Gasteiger partial charge on any atom is -0.371 e. The summed E-state index contributed by atoms with van der Waals surface area (Å²) < 4.78 is 12.3. The second kappa shape index (κ2) is 7.13. The Morgan fingerprint density at radius 3 is 2.74 bits per heavy atom. The maximum absolute atomic E-state index is 6.47. The first kappa shape index (κ1) is 15.4. The van der Waals surface area contributed by atoms with Crippen LogP contribution in [0.3, 0.4) is 0 Å². The van der Waals surface area contributed by atoms with Crippen LogP contribution < -0.4 is 0 Å². The number of halogens is 2. The molecule has 0 aromatic rings. The van der Waals surface area contributed by atoms with Gasteiger partial charge in [-0.25, -0.2) is 0 Å². The molecule has 0 amide bonds. The van der Waals surface area contributed by atoms with Crippen molar-refractivity contribution in [3.05, 3.63) is 12.2 Å². The zero-order valence-electron chi connectivity index (χ0n) is 11.1. The number of hydrogen-bond acceptors (Lipinski definition) is 2. The average molecular weight is 348 g/mol. The Kier molecular flexibility index (Phi) is 5.77. The van der Waals surface area contributed by atoms with Crippen LogP contribution in [0.4, 0.5) is 0 Å². The summed E-state index contributed by atoms with van der Waals surface area (Å²) in [6.45, 7) is 2.14. The molecule has 2 heterocycles. The van der Waals surface area contributed by atoms with Gasteiger partial charge in [0.05, 0.1) is 29.8 Å². The van der Waals surface area contributed by atoms with Gasteiger partial charge in [0.1, 0.15) is 0 Å². The van der Waals surface area contributed by atoms with Crippen LogP contribution in [-0.2, 0) is 9.47 Å². The Morgan fingerprint density at radius 1 is 1.32 bits per heavy atom. The third-order valence-electron chi connectivity index (χ3n) is 3.82. The lowest BCUT2D eigenvalue weighted by atomic mass is 9.99. The SMILES string of the molecule is C#C/C=C\C[C@@H]1O[C@@H]2C[C@H]1O[C@H](CC)[C@@H](Br)C[C@@H]2Cl. The molecular weight excluding hydrogens is 328 g/mol. The molecular formula is C15H20BrClO2. The maximum Gasteiger partial charge on any atom is 0.0876 e. The smallest absolute Gasteiger partial charge is 0.0876 e. The summed E-state index contributed by atoms with van der Waals surface area (Å²) in [5.41, 5.74) is 0. The van der Waals surface area contributed by atoms with Crippen molar-refractivity contribution in [3.8, 4) is 12.3 Å². The van der Waals surface area contributed by atoms with Gasteiger partial charge in [-0.05, 0) is 25.3 Å². The second-order valence-corrected chi connectivity index (χ2v) is 6.88. The van der Waals surface area contributed by atoms with Gasteiger partial charge >= 0.3 is 0 Å². The molecule has 2 aliphatic heterocycles. The zero-order valence-corrected chi connectivity index (χ0v) is 13.4. The summed E-state index contributed by atoms with van der Waals surface area (Å²) in [4.78, 5) is 0.300. The second-order valence-electron chi connectivity index (χ2n) is 5.14. The van der Waals surface area contributed by atoms with Crippen LogP contribution in [0.2, 0.25) is 0 Å². The minimum atomic E-state index is 0.0476. The lowest BCUT2D eigenvalue weighted by Crippen LogP contribution is -2.37. The van der Waals surface area contributed by atoms with Crippen LogP contribution in [-0.4, -0.2) is 34.6 Å². The van der Waals surface area contributed by atoms with E-state index in [1.165, 1.54) is 0 Å². The topological polar surface area (TPSA) is 18.5 Å². The van der Waals surface area contributed by atoms with Crippen LogP contribution in [0.5, 0.6) is 0 Å². The van der Waals surface area contributed by atoms with Crippen molar-refractivity contribution in [1.82, 2.24) is 0 Å². The van der Waals surface area contributed by atoms with Gasteiger partial charge in [0.15, 0.2) is 0 Å². The number of rotatable bonds is 3. The number of ether oxygens (including phenoxy) is 2. The highest BCUT2D eigenvalue weighted by molar-refractivity contribution is 9.09. The molecule has 0 N–H and O–H groups in total. The van der Waals surface area contributed by atoms with Crippen LogP contribution in [0.1, 0.15) is 32.6 Å². The van der Waals surface area contributed by atoms with Crippen LogP contribution in [0.15, 0.2) is 12.2 Å². The molecule has 0 aromatic carbocycles. The molecule has 0 spiro atoms. The molecule has 2 aliphatic rings. The first-order chi connectivity index (χ1) is 9.15. The van der Waals surface area contributed by atoms with E-state index >= 15 is 0 Å². The van der Waals surface area contributed by atoms with Crippen LogP contribution >= 0.6 is 27.5 Å². The van der Waals surface area contributed by atoms with E-state index in [0.29, 0.717) is 4.83 Å². The molecule has 2 saturated heterocycles. The number of allylic oxidation sites excluding steroid dienone is 1.